The molecule has 0 saturated heterocycles. The molecule has 0 aliphatic rings. The Morgan fingerprint density at radius 3 is 2.00 bits per heavy atom. The fourth-order valence-corrected chi connectivity index (χ4v) is 2.47. The van der Waals surface area contributed by atoms with E-state index < -0.39 is 26.4 Å². The van der Waals surface area contributed by atoms with Gasteiger partial charge in [0.15, 0.2) is 0 Å². The molecule has 1 N–H and O–H groups in total. The summed E-state index contributed by atoms with van der Waals surface area (Å²) in [5.74, 6) is 0. The Morgan fingerprint density at radius 2 is 1.61 bits per heavy atom. The van der Waals surface area contributed by atoms with Crippen LogP contribution in [0.25, 0.3) is 0 Å². The van der Waals surface area contributed by atoms with Gasteiger partial charge in [0.1, 0.15) is 4.84 Å². The van der Waals surface area contributed by atoms with Crippen LogP contribution in [-0.2, 0) is 10.0 Å². The monoisotopic (exact) mass is 321 g/mol. The first-order chi connectivity index (χ1) is 8.15. The van der Waals surface area contributed by atoms with Crippen molar-refractivity contribution < 1.29 is 21.6 Å². The van der Waals surface area contributed by atoms with Gasteiger partial charge in [0.25, 0.3) is 0 Å². The van der Waals surface area contributed by atoms with Gasteiger partial charge in [-0.05, 0) is 5.56 Å². The van der Waals surface area contributed by atoms with Crippen molar-refractivity contribution in [3.63, 3.8) is 0 Å². The van der Waals surface area contributed by atoms with E-state index in [0.717, 1.165) is 0 Å². The van der Waals surface area contributed by atoms with Gasteiger partial charge in [-0.3, -0.25) is 0 Å². The maximum absolute atomic E-state index is 12.2. The summed E-state index contributed by atoms with van der Waals surface area (Å²) in [4.78, 5) is -1.36. The van der Waals surface area contributed by atoms with Crippen LogP contribution in [0, 0.1) is 0 Å². The molecule has 0 aliphatic heterocycles. The predicted octanol–water partition coefficient (Wildman–Crippen LogP) is 2.97. The van der Waals surface area contributed by atoms with Crippen molar-refractivity contribution in [2.75, 3.05) is 0 Å². The van der Waals surface area contributed by atoms with Gasteiger partial charge in [-0.25, -0.2) is 8.42 Å². The fourth-order valence-electron chi connectivity index (χ4n) is 1.16. The van der Waals surface area contributed by atoms with Gasteiger partial charge in [0.2, 0.25) is 0 Å². The molecule has 0 radical (unpaired) electrons. The van der Waals surface area contributed by atoms with Crippen LogP contribution >= 0.6 is 23.2 Å². The highest BCUT2D eigenvalue weighted by Gasteiger charge is 2.47. The molecule has 1 aromatic carbocycles. The highest BCUT2D eigenvalue weighted by molar-refractivity contribution is 7.90. The SMILES string of the molecule is O=S(=O)(NC(c1ccccc1)C(Cl)Cl)C(F)(F)F. The Hall–Kier alpha value is -0.500. The molecule has 0 bridgehead atoms. The smallest absolute Gasteiger partial charge is 0.203 e. The van der Waals surface area contributed by atoms with Gasteiger partial charge in [-0.15, -0.1) is 23.2 Å². The molecule has 0 fully saturated rings. The Bertz CT molecular complexity index is 490. The normalized spacial score (nSPS) is 14.8. The predicted molar refractivity (Wildman–Crippen MR) is 62.8 cm³/mol. The van der Waals surface area contributed by atoms with Crippen molar-refractivity contribution in [2.24, 2.45) is 0 Å². The third kappa shape index (κ3) is 3.74. The number of sulfonamides is 1. The Labute approximate surface area is 112 Å². The van der Waals surface area contributed by atoms with Crippen LogP contribution in [0.4, 0.5) is 13.2 Å². The number of alkyl halides is 5. The molecule has 1 rings (SSSR count). The third-order valence-electron chi connectivity index (χ3n) is 2.00. The van der Waals surface area contributed by atoms with E-state index >= 15 is 0 Å². The first-order valence-corrected chi connectivity index (χ1v) is 6.92. The van der Waals surface area contributed by atoms with Crippen molar-refractivity contribution in [3.05, 3.63) is 35.9 Å². The summed E-state index contributed by atoms with van der Waals surface area (Å²) in [6, 6.07) is 6.14. The average Bonchev–Trinajstić information content (AvgIpc) is 2.25. The molecule has 0 heterocycles. The third-order valence-corrected chi connectivity index (χ3v) is 3.68. The van der Waals surface area contributed by atoms with E-state index in [4.69, 9.17) is 23.2 Å². The van der Waals surface area contributed by atoms with Crippen LogP contribution in [0.2, 0.25) is 0 Å². The number of rotatable bonds is 4. The maximum Gasteiger partial charge on any atom is 0.511 e. The van der Waals surface area contributed by atoms with E-state index in [9.17, 15) is 21.6 Å². The van der Waals surface area contributed by atoms with E-state index in [1.165, 1.54) is 29.0 Å². The number of halogens is 5. The number of hydrogen-bond acceptors (Lipinski definition) is 2. The number of hydrogen-bond donors (Lipinski definition) is 1. The second kappa shape index (κ2) is 5.64. The molecule has 0 spiro atoms. The van der Waals surface area contributed by atoms with Crippen LogP contribution < -0.4 is 4.72 Å². The largest absolute Gasteiger partial charge is 0.511 e. The zero-order chi connectivity index (χ0) is 14.0. The first-order valence-electron chi connectivity index (χ1n) is 4.57. The second-order valence-corrected chi connectivity index (χ2v) is 6.16. The molecule has 3 nitrogen and oxygen atoms in total. The van der Waals surface area contributed by atoms with E-state index in [0.29, 0.717) is 0 Å². The summed E-state index contributed by atoms with van der Waals surface area (Å²) < 4.78 is 60.1. The zero-order valence-electron chi connectivity index (χ0n) is 8.66. The quantitative estimate of drug-likeness (QED) is 0.866. The molecule has 0 aromatic heterocycles. The van der Waals surface area contributed by atoms with Crippen molar-refractivity contribution in [1.29, 1.82) is 0 Å². The van der Waals surface area contributed by atoms with Gasteiger partial charge in [-0.1, -0.05) is 30.3 Å². The van der Waals surface area contributed by atoms with E-state index in [1.807, 2.05) is 0 Å². The molecular weight excluding hydrogens is 314 g/mol. The number of nitrogens with one attached hydrogen (secondary N) is 1. The lowest BCUT2D eigenvalue weighted by Gasteiger charge is -2.20. The van der Waals surface area contributed by atoms with Gasteiger partial charge < -0.3 is 0 Å². The van der Waals surface area contributed by atoms with Crippen molar-refractivity contribution in [3.8, 4) is 0 Å². The Balaban J connectivity index is 3.04. The molecule has 9 heteroatoms. The highest BCUT2D eigenvalue weighted by Crippen LogP contribution is 2.29. The maximum atomic E-state index is 12.2. The van der Waals surface area contributed by atoms with Crippen LogP contribution in [0.15, 0.2) is 30.3 Å². The van der Waals surface area contributed by atoms with Crippen molar-refractivity contribution in [1.82, 2.24) is 4.72 Å². The summed E-state index contributed by atoms with van der Waals surface area (Å²) in [7, 11) is -5.51. The fraction of sp³-hybridized carbons (Fsp3) is 0.333. The molecule has 18 heavy (non-hydrogen) atoms. The highest BCUT2D eigenvalue weighted by atomic mass is 35.5. The minimum absolute atomic E-state index is 0.236. The van der Waals surface area contributed by atoms with Crippen molar-refractivity contribution in [2.45, 2.75) is 16.4 Å². The molecule has 0 aliphatic carbocycles. The summed E-state index contributed by atoms with van der Waals surface area (Å²) in [6.07, 6.45) is 0. The van der Waals surface area contributed by atoms with E-state index in [1.54, 1.807) is 6.07 Å². The molecule has 1 aromatic rings. The minimum atomic E-state index is -5.51. The zero-order valence-corrected chi connectivity index (χ0v) is 11.0. The summed E-state index contributed by atoms with van der Waals surface area (Å²) in [5, 5.41) is 0. The standard InChI is InChI=1S/C9H8Cl2F3NO2S/c10-8(11)7(6-4-2-1-3-5-6)15-18(16,17)9(12,13)14/h1-5,7-8,15H. The number of benzene rings is 1. The molecule has 0 saturated carbocycles. The lowest BCUT2D eigenvalue weighted by molar-refractivity contribution is -0.0450. The summed E-state index contributed by atoms with van der Waals surface area (Å²) in [5.41, 5.74) is -5.18. The topological polar surface area (TPSA) is 46.2 Å². The lowest BCUT2D eigenvalue weighted by Crippen LogP contribution is -2.40. The lowest BCUT2D eigenvalue weighted by atomic mass is 10.1. The van der Waals surface area contributed by atoms with E-state index in [-0.39, 0.29) is 5.56 Å². The van der Waals surface area contributed by atoms with Crippen LogP contribution in [0.5, 0.6) is 0 Å². The summed E-state index contributed by atoms with van der Waals surface area (Å²) in [6.45, 7) is 0. The Morgan fingerprint density at radius 1 is 1.11 bits per heavy atom. The van der Waals surface area contributed by atoms with Crippen LogP contribution in [-0.4, -0.2) is 18.8 Å². The van der Waals surface area contributed by atoms with Gasteiger partial charge in [0.05, 0.1) is 6.04 Å². The second-order valence-electron chi connectivity index (χ2n) is 3.29. The van der Waals surface area contributed by atoms with Gasteiger partial charge >= 0.3 is 15.5 Å². The first kappa shape index (κ1) is 15.6. The van der Waals surface area contributed by atoms with Crippen LogP contribution in [0.1, 0.15) is 11.6 Å². The van der Waals surface area contributed by atoms with Crippen LogP contribution in [0.3, 0.4) is 0 Å². The van der Waals surface area contributed by atoms with Gasteiger partial charge in [-0.2, -0.15) is 17.9 Å². The molecule has 102 valence electrons. The van der Waals surface area contributed by atoms with Crippen molar-refractivity contribution >= 4 is 33.2 Å². The van der Waals surface area contributed by atoms with Gasteiger partial charge in [0, 0.05) is 0 Å². The molecule has 1 atom stereocenters. The molecule has 1 unspecified atom stereocenters. The average molecular weight is 322 g/mol. The molecule has 0 amide bonds. The minimum Gasteiger partial charge on any atom is -0.203 e. The summed E-state index contributed by atoms with van der Waals surface area (Å²) >= 11 is 11.0. The molecular formula is C9H8Cl2F3NO2S. The Kier molecular flexibility index (Phi) is 4.88. The van der Waals surface area contributed by atoms with E-state index in [2.05, 4.69) is 0 Å².